The third-order valence-corrected chi connectivity index (χ3v) is 2.92. The number of aromatic nitrogens is 1. The van der Waals surface area contributed by atoms with E-state index < -0.39 is 24.4 Å². The van der Waals surface area contributed by atoms with Crippen molar-refractivity contribution < 1.29 is 20.1 Å². The maximum Gasteiger partial charge on any atom is 0.130 e. The first-order valence-corrected chi connectivity index (χ1v) is 5.26. The first-order chi connectivity index (χ1) is 7.65. The smallest absolute Gasteiger partial charge is 0.130 e. The first kappa shape index (κ1) is 11.8. The van der Waals surface area contributed by atoms with Gasteiger partial charge in [0.1, 0.15) is 24.4 Å². The van der Waals surface area contributed by atoms with Crippen molar-refractivity contribution in [2.75, 3.05) is 6.61 Å². The van der Waals surface area contributed by atoms with E-state index in [-0.39, 0.29) is 6.61 Å². The molecular weight excluding hydrogens is 234 g/mol. The number of hydrogen-bond donors (Lipinski definition) is 3. The number of ether oxygens (including phenoxy) is 1. The fourth-order valence-electron chi connectivity index (χ4n) is 1.73. The lowest BCUT2D eigenvalue weighted by Crippen LogP contribution is -2.32. The second-order valence-electron chi connectivity index (χ2n) is 3.63. The van der Waals surface area contributed by atoms with E-state index in [9.17, 15) is 10.2 Å². The molecule has 6 heteroatoms. The van der Waals surface area contributed by atoms with Crippen LogP contribution in [0.2, 0.25) is 5.02 Å². The molecule has 2 rings (SSSR count). The summed E-state index contributed by atoms with van der Waals surface area (Å²) in [6.45, 7) is -0.362. The van der Waals surface area contributed by atoms with Crippen LogP contribution >= 0.6 is 11.6 Å². The number of aliphatic hydroxyl groups is 3. The number of nitrogens with zero attached hydrogens (tertiary/aromatic N) is 1. The van der Waals surface area contributed by atoms with Crippen LogP contribution in [0.15, 0.2) is 18.3 Å². The summed E-state index contributed by atoms with van der Waals surface area (Å²) in [7, 11) is 0. The van der Waals surface area contributed by atoms with Crippen LogP contribution in [0.5, 0.6) is 0 Å². The van der Waals surface area contributed by atoms with E-state index in [1.807, 2.05) is 0 Å². The van der Waals surface area contributed by atoms with Gasteiger partial charge >= 0.3 is 0 Å². The molecule has 1 aliphatic rings. The van der Waals surface area contributed by atoms with Crippen molar-refractivity contribution >= 4 is 11.6 Å². The Morgan fingerprint density at radius 3 is 2.69 bits per heavy atom. The largest absolute Gasteiger partial charge is 0.394 e. The fourth-order valence-corrected chi connectivity index (χ4v) is 1.96. The molecule has 0 spiro atoms. The van der Waals surface area contributed by atoms with E-state index >= 15 is 0 Å². The van der Waals surface area contributed by atoms with Crippen molar-refractivity contribution in [3.63, 3.8) is 0 Å². The lowest BCUT2D eigenvalue weighted by Gasteiger charge is -2.14. The summed E-state index contributed by atoms with van der Waals surface area (Å²) in [6.07, 6.45) is -2.35. The molecule has 0 aromatic carbocycles. The minimum absolute atomic E-state index is 0.359. The lowest BCUT2D eigenvalue weighted by molar-refractivity contribution is -0.0239. The average Bonchev–Trinajstić information content (AvgIpc) is 2.57. The molecule has 5 nitrogen and oxygen atoms in total. The van der Waals surface area contributed by atoms with Gasteiger partial charge in [0.25, 0.3) is 0 Å². The summed E-state index contributed by atoms with van der Waals surface area (Å²) in [5, 5.41) is 28.6. The summed E-state index contributed by atoms with van der Waals surface area (Å²) >= 11 is 5.91. The van der Waals surface area contributed by atoms with Crippen LogP contribution in [0.25, 0.3) is 0 Å². The van der Waals surface area contributed by atoms with Crippen molar-refractivity contribution in [3.8, 4) is 0 Å². The van der Waals surface area contributed by atoms with Gasteiger partial charge in [0.15, 0.2) is 0 Å². The van der Waals surface area contributed by atoms with Crippen molar-refractivity contribution in [1.29, 1.82) is 0 Å². The molecule has 1 aromatic heterocycles. The molecule has 16 heavy (non-hydrogen) atoms. The van der Waals surface area contributed by atoms with Crippen LogP contribution in [0, 0.1) is 0 Å². The van der Waals surface area contributed by atoms with E-state index in [4.69, 9.17) is 21.4 Å². The second-order valence-corrected chi connectivity index (χ2v) is 4.04. The molecule has 1 saturated heterocycles. The van der Waals surface area contributed by atoms with Gasteiger partial charge in [-0.25, -0.2) is 0 Å². The molecule has 0 radical (unpaired) electrons. The molecule has 88 valence electrons. The monoisotopic (exact) mass is 245 g/mol. The molecule has 4 atom stereocenters. The van der Waals surface area contributed by atoms with Gasteiger partial charge in [0, 0.05) is 6.20 Å². The second kappa shape index (κ2) is 4.65. The highest BCUT2D eigenvalue weighted by atomic mass is 35.5. The van der Waals surface area contributed by atoms with Crippen LogP contribution in [-0.4, -0.2) is 45.2 Å². The Labute approximate surface area is 97.3 Å². The molecule has 1 aromatic rings. The van der Waals surface area contributed by atoms with Crippen LogP contribution < -0.4 is 0 Å². The highest BCUT2D eigenvalue weighted by Crippen LogP contribution is 2.35. The Bertz CT molecular complexity index is 376. The molecule has 0 bridgehead atoms. The SMILES string of the molecule is OC[C@H]1OC(c2ncccc2Cl)[C@H](O)[C@@H]1O. The molecule has 0 amide bonds. The highest BCUT2D eigenvalue weighted by Gasteiger charge is 2.44. The zero-order chi connectivity index (χ0) is 11.7. The zero-order valence-corrected chi connectivity index (χ0v) is 9.08. The quantitative estimate of drug-likeness (QED) is 0.677. The summed E-state index contributed by atoms with van der Waals surface area (Å²) < 4.78 is 5.31. The molecule has 3 N–H and O–H groups in total. The van der Waals surface area contributed by atoms with Gasteiger partial charge in [-0.05, 0) is 12.1 Å². The molecule has 1 aliphatic heterocycles. The van der Waals surface area contributed by atoms with Crippen molar-refractivity contribution in [2.45, 2.75) is 24.4 Å². The average molecular weight is 246 g/mol. The highest BCUT2D eigenvalue weighted by molar-refractivity contribution is 6.31. The minimum Gasteiger partial charge on any atom is -0.394 e. The van der Waals surface area contributed by atoms with Gasteiger partial charge in [0.2, 0.25) is 0 Å². The van der Waals surface area contributed by atoms with Crippen LogP contribution in [0.3, 0.4) is 0 Å². The van der Waals surface area contributed by atoms with Crippen LogP contribution in [0.4, 0.5) is 0 Å². The Morgan fingerprint density at radius 1 is 1.38 bits per heavy atom. The predicted octanol–water partition coefficient (Wildman–Crippen LogP) is -0.111. The number of rotatable bonds is 2. The maximum absolute atomic E-state index is 9.75. The maximum atomic E-state index is 9.75. The van der Waals surface area contributed by atoms with Crippen LogP contribution in [0.1, 0.15) is 11.8 Å². The number of hydrogen-bond acceptors (Lipinski definition) is 5. The van der Waals surface area contributed by atoms with Gasteiger partial charge in [0.05, 0.1) is 17.3 Å². The predicted molar refractivity (Wildman–Crippen MR) is 56.0 cm³/mol. The van der Waals surface area contributed by atoms with Crippen molar-refractivity contribution in [2.24, 2.45) is 0 Å². The van der Waals surface area contributed by atoms with Gasteiger partial charge in [-0.1, -0.05) is 11.6 Å². The molecule has 0 saturated carbocycles. The summed E-state index contributed by atoms with van der Waals surface area (Å²) in [4.78, 5) is 4.00. The Hall–Kier alpha value is -0.720. The van der Waals surface area contributed by atoms with E-state index in [2.05, 4.69) is 4.98 Å². The third kappa shape index (κ3) is 1.92. The van der Waals surface area contributed by atoms with E-state index in [0.717, 1.165) is 0 Å². The van der Waals surface area contributed by atoms with E-state index in [1.165, 1.54) is 6.20 Å². The summed E-state index contributed by atoms with van der Waals surface area (Å²) in [5.74, 6) is 0. The van der Waals surface area contributed by atoms with Crippen LogP contribution in [-0.2, 0) is 4.74 Å². The molecule has 2 heterocycles. The molecule has 1 unspecified atom stereocenters. The van der Waals surface area contributed by atoms with Gasteiger partial charge in [-0.2, -0.15) is 0 Å². The lowest BCUT2D eigenvalue weighted by atomic mass is 10.1. The zero-order valence-electron chi connectivity index (χ0n) is 8.32. The minimum atomic E-state index is -1.13. The van der Waals surface area contributed by atoms with Gasteiger partial charge < -0.3 is 20.1 Å². The Kier molecular flexibility index (Phi) is 3.41. The number of pyridine rings is 1. The fraction of sp³-hybridized carbons (Fsp3) is 0.500. The number of aliphatic hydroxyl groups excluding tert-OH is 3. The van der Waals surface area contributed by atoms with E-state index in [0.29, 0.717) is 10.7 Å². The number of halogens is 1. The normalized spacial score (nSPS) is 34.2. The molecule has 0 aliphatic carbocycles. The van der Waals surface area contributed by atoms with Gasteiger partial charge in [-0.3, -0.25) is 4.98 Å². The molecule has 1 fully saturated rings. The van der Waals surface area contributed by atoms with Crippen molar-refractivity contribution in [1.82, 2.24) is 4.98 Å². The Balaban J connectivity index is 2.26. The topological polar surface area (TPSA) is 82.8 Å². The molecular formula is C10H12ClNO4. The van der Waals surface area contributed by atoms with Gasteiger partial charge in [-0.15, -0.1) is 0 Å². The first-order valence-electron chi connectivity index (χ1n) is 4.88. The van der Waals surface area contributed by atoms with Crippen molar-refractivity contribution in [3.05, 3.63) is 29.0 Å². The Morgan fingerprint density at radius 2 is 2.12 bits per heavy atom. The summed E-state index contributed by atoms with van der Waals surface area (Å²) in [6, 6.07) is 3.28. The third-order valence-electron chi connectivity index (χ3n) is 2.60. The van der Waals surface area contributed by atoms with E-state index in [1.54, 1.807) is 12.1 Å². The summed E-state index contributed by atoms with van der Waals surface area (Å²) in [5.41, 5.74) is 0.367. The standard InChI is InChI=1S/C10H12ClNO4/c11-5-2-1-3-12-7(5)10-9(15)8(14)6(4-13)16-10/h1-3,6,8-10,13-15H,4H2/t6-,8-,9-,10?/m1/s1.